The summed E-state index contributed by atoms with van der Waals surface area (Å²) in [5.74, 6) is 0. The van der Waals surface area contributed by atoms with Gasteiger partial charge in [0.15, 0.2) is 0 Å². The van der Waals surface area contributed by atoms with E-state index in [4.69, 9.17) is 9.84 Å². The van der Waals surface area contributed by atoms with Crippen LogP contribution in [-0.4, -0.2) is 37.5 Å². The molecule has 1 unspecified atom stereocenters. The molecule has 2 N–H and O–H groups in total. The third-order valence-electron chi connectivity index (χ3n) is 1.94. The molecule has 62 valence electrons. The van der Waals surface area contributed by atoms with Gasteiger partial charge in [0.25, 0.3) is 0 Å². The molecule has 0 aromatic rings. The smallest absolute Gasteiger partial charge is 0.0671 e. The highest BCUT2D eigenvalue weighted by atomic mass is 35.5. The Morgan fingerprint density at radius 1 is 1.70 bits per heavy atom. The number of hydrogen-bond acceptors (Lipinski definition) is 3. The van der Waals surface area contributed by atoms with E-state index in [1.165, 1.54) is 0 Å². The molecule has 10 heavy (non-hydrogen) atoms. The van der Waals surface area contributed by atoms with E-state index in [-0.39, 0.29) is 24.6 Å². The monoisotopic (exact) mass is 167 g/mol. The fraction of sp³-hybridized carbons (Fsp3) is 1.00. The van der Waals surface area contributed by atoms with Gasteiger partial charge in [-0.1, -0.05) is 0 Å². The van der Waals surface area contributed by atoms with Crippen molar-refractivity contribution in [3.8, 4) is 0 Å². The van der Waals surface area contributed by atoms with E-state index in [0.29, 0.717) is 6.61 Å². The predicted octanol–water partition coefficient (Wildman–Crippen LogP) is -0.221. The van der Waals surface area contributed by atoms with Gasteiger partial charge in [-0.05, 0) is 13.5 Å². The summed E-state index contributed by atoms with van der Waals surface area (Å²) in [7, 11) is 1.85. The van der Waals surface area contributed by atoms with E-state index in [0.717, 1.165) is 13.0 Å². The second-order valence-electron chi connectivity index (χ2n) is 2.49. The highest BCUT2D eigenvalue weighted by Crippen LogP contribution is 2.16. The maximum absolute atomic E-state index is 8.87. The SMILES string of the molecule is CNC1(CO)CCOC1.Cl. The number of halogens is 1. The lowest BCUT2D eigenvalue weighted by Gasteiger charge is -2.23. The van der Waals surface area contributed by atoms with Crippen molar-refractivity contribution in [1.82, 2.24) is 5.32 Å². The molecular weight excluding hydrogens is 154 g/mol. The molecule has 0 saturated carbocycles. The van der Waals surface area contributed by atoms with E-state index in [1.54, 1.807) is 0 Å². The van der Waals surface area contributed by atoms with Crippen LogP contribution >= 0.6 is 12.4 Å². The van der Waals surface area contributed by atoms with Crippen LogP contribution in [0.3, 0.4) is 0 Å². The molecule has 3 nitrogen and oxygen atoms in total. The highest BCUT2D eigenvalue weighted by molar-refractivity contribution is 5.85. The number of aliphatic hydroxyl groups is 1. The van der Waals surface area contributed by atoms with E-state index in [1.807, 2.05) is 7.05 Å². The molecule has 1 fully saturated rings. The Bertz CT molecular complexity index is 87.7. The molecule has 0 amide bonds. The molecule has 0 spiro atoms. The Morgan fingerprint density at radius 2 is 2.40 bits per heavy atom. The quantitative estimate of drug-likeness (QED) is 0.598. The molecule has 1 atom stereocenters. The van der Waals surface area contributed by atoms with Gasteiger partial charge in [0.05, 0.1) is 18.8 Å². The first-order valence-electron chi connectivity index (χ1n) is 3.20. The predicted molar refractivity (Wildman–Crippen MR) is 41.6 cm³/mol. The fourth-order valence-electron chi connectivity index (χ4n) is 1.01. The molecule has 0 bridgehead atoms. The molecule has 0 radical (unpaired) electrons. The van der Waals surface area contributed by atoms with Gasteiger partial charge in [0, 0.05) is 6.61 Å². The topological polar surface area (TPSA) is 41.5 Å². The first kappa shape index (κ1) is 10.2. The zero-order valence-corrected chi connectivity index (χ0v) is 6.91. The summed E-state index contributed by atoms with van der Waals surface area (Å²) >= 11 is 0. The summed E-state index contributed by atoms with van der Waals surface area (Å²) in [5, 5.41) is 11.9. The van der Waals surface area contributed by atoms with Gasteiger partial charge >= 0.3 is 0 Å². The van der Waals surface area contributed by atoms with E-state index < -0.39 is 0 Å². The van der Waals surface area contributed by atoms with Gasteiger partial charge in [0.2, 0.25) is 0 Å². The zero-order valence-electron chi connectivity index (χ0n) is 6.09. The van der Waals surface area contributed by atoms with Gasteiger partial charge < -0.3 is 15.2 Å². The average molecular weight is 168 g/mol. The Kier molecular flexibility index (Phi) is 4.20. The lowest BCUT2D eigenvalue weighted by molar-refractivity contribution is 0.126. The summed E-state index contributed by atoms with van der Waals surface area (Å²) in [6.45, 7) is 1.57. The van der Waals surface area contributed by atoms with Gasteiger partial charge in [-0.2, -0.15) is 0 Å². The van der Waals surface area contributed by atoms with E-state index >= 15 is 0 Å². The van der Waals surface area contributed by atoms with Crippen LogP contribution in [0.2, 0.25) is 0 Å². The largest absolute Gasteiger partial charge is 0.394 e. The summed E-state index contributed by atoms with van der Waals surface area (Å²) in [6, 6.07) is 0. The Hall–Kier alpha value is 0.170. The zero-order chi connectivity index (χ0) is 6.74. The van der Waals surface area contributed by atoms with Crippen LogP contribution < -0.4 is 5.32 Å². The van der Waals surface area contributed by atoms with Crippen LogP contribution in [0.25, 0.3) is 0 Å². The van der Waals surface area contributed by atoms with Crippen molar-refractivity contribution in [1.29, 1.82) is 0 Å². The Labute approximate surface area is 67.2 Å². The summed E-state index contributed by atoms with van der Waals surface area (Å²) < 4.78 is 5.12. The molecule has 1 aliphatic rings. The molecular formula is C6H14ClNO2. The minimum Gasteiger partial charge on any atom is -0.394 e. The number of hydrogen-bond donors (Lipinski definition) is 2. The second-order valence-corrected chi connectivity index (χ2v) is 2.49. The van der Waals surface area contributed by atoms with Crippen LogP contribution in [0.4, 0.5) is 0 Å². The van der Waals surface area contributed by atoms with E-state index in [2.05, 4.69) is 5.32 Å². The van der Waals surface area contributed by atoms with Gasteiger partial charge in [-0.15, -0.1) is 12.4 Å². The first-order valence-corrected chi connectivity index (χ1v) is 3.20. The van der Waals surface area contributed by atoms with Crippen molar-refractivity contribution in [3.63, 3.8) is 0 Å². The van der Waals surface area contributed by atoms with Crippen LogP contribution in [0, 0.1) is 0 Å². The van der Waals surface area contributed by atoms with Crippen molar-refractivity contribution in [2.75, 3.05) is 26.9 Å². The summed E-state index contributed by atoms with van der Waals surface area (Å²) in [6.07, 6.45) is 0.917. The van der Waals surface area contributed by atoms with Crippen LogP contribution in [-0.2, 0) is 4.74 Å². The molecule has 4 heteroatoms. The highest BCUT2D eigenvalue weighted by Gasteiger charge is 2.31. The molecule has 0 aromatic carbocycles. The lowest BCUT2D eigenvalue weighted by Crippen LogP contribution is -2.46. The van der Waals surface area contributed by atoms with E-state index in [9.17, 15) is 0 Å². The molecule has 1 aliphatic heterocycles. The lowest BCUT2D eigenvalue weighted by atomic mass is 10.0. The standard InChI is InChI=1S/C6H13NO2.ClH/c1-7-6(4-8)2-3-9-5-6;/h7-8H,2-5H2,1H3;1H. The maximum Gasteiger partial charge on any atom is 0.0671 e. The van der Waals surface area contributed by atoms with Crippen molar-refractivity contribution in [2.24, 2.45) is 0 Å². The van der Waals surface area contributed by atoms with Crippen LogP contribution in [0.15, 0.2) is 0 Å². The minimum atomic E-state index is -0.139. The Morgan fingerprint density at radius 3 is 2.60 bits per heavy atom. The number of ether oxygens (including phenoxy) is 1. The minimum absolute atomic E-state index is 0. The average Bonchev–Trinajstić information content (AvgIpc) is 2.36. The molecule has 1 saturated heterocycles. The van der Waals surface area contributed by atoms with Gasteiger partial charge in [0.1, 0.15) is 0 Å². The molecule has 1 heterocycles. The third-order valence-corrected chi connectivity index (χ3v) is 1.94. The third kappa shape index (κ3) is 1.83. The van der Waals surface area contributed by atoms with Crippen LogP contribution in [0.1, 0.15) is 6.42 Å². The Balaban J connectivity index is 0.000000810. The molecule has 1 rings (SSSR count). The fourth-order valence-corrected chi connectivity index (χ4v) is 1.01. The molecule has 0 aliphatic carbocycles. The normalized spacial score (nSPS) is 31.8. The van der Waals surface area contributed by atoms with Gasteiger partial charge in [-0.25, -0.2) is 0 Å². The van der Waals surface area contributed by atoms with Crippen molar-refractivity contribution in [2.45, 2.75) is 12.0 Å². The molecule has 0 aromatic heterocycles. The van der Waals surface area contributed by atoms with Crippen molar-refractivity contribution >= 4 is 12.4 Å². The van der Waals surface area contributed by atoms with Crippen LogP contribution in [0.5, 0.6) is 0 Å². The number of nitrogens with one attached hydrogen (secondary N) is 1. The number of rotatable bonds is 2. The van der Waals surface area contributed by atoms with Gasteiger partial charge in [-0.3, -0.25) is 0 Å². The number of likely N-dealkylation sites (N-methyl/N-ethyl adjacent to an activating group) is 1. The maximum atomic E-state index is 8.87. The second kappa shape index (κ2) is 4.13. The number of aliphatic hydroxyl groups excluding tert-OH is 1. The summed E-state index contributed by atoms with van der Waals surface area (Å²) in [5.41, 5.74) is -0.139. The first-order chi connectivity index (χ1) is 4.33. The van der Waals surface area contributed by atoms with Crippen molar-refractivity contribution in [3.05, 3.63) is 0 Å². The summed E-state index contributed by atoms with van der Waals surface area (Å²) in [4.78, 5) is 0. The van der Waals surface area contributed by atoms with Crippen molar-refractivity contribution < 1.29 is 9.84 Å².